The van der Waals surface area contributed by atoms with Crippen LogP contribution in [0.5, 0.6) is 0 Å². The van der Waals surface area contributed by atoms with Gasteiger partial charge in [0.05, 0.1) is 5.56 Å². The van der Waals surface area contributed by atoms with Gasteiger partial charge in [-0.1, -0.05) is 47.5 Å². The Balaban J connectivity index is 1.86. The number of hydrogen-bond donors (Lipinski definition) is 1. The van der Waals surface area contributed by atoms with E-state index >= 15 is 0 Å². The summed E-state index contributed by atoms with van der Waals surface area (Å²) in [7, 11) is 0. The molecule has 5 heteroatoms. The zero-order valence-corrected chi connectivity index (χ0v) is 13.8. The van der Waals surface area contributed by atoms with Crippen molar-refractivity contribution in [1.82, 2.24) is 5.32 Å². The highest BCUT2D eigenvalue weighted by atomic mass is 35.5. The summed E-state index contributed by atoms with van der Waals surface area (Å²) < 4.78 is 5.06. The average Bonchev–Trinajstić information content (AvgIpc) is 2.54. The van der Waals surface area contributed by atoms with Crippen molar-refractivity contribution in [1.29, 1.82) is 0 Å². The number of amides is 1. The third-order valence-corrected chi connectivity index (χ3v) is 3.75. The molecule has 2 rings (SSSR count). The van der Waals surface area contributed by atoms with E-state index in [-0.39, 0.29) is 12.5 Å². The molecule has 0 unspecified atom stereocenters. The van der Waals surface area contributed by atoms with E-state index in [4.69, 9.17) is 16.3 Å². The minimum Gasteiger partial charge on any atom is -0.452 e. The van der Waals surface area contributed by atoms with Gasteiger partial charge in [-0.15, -0.1) is 0 Å². The highest BCUT2D eigenvalue weighted by molar-refractivity contribution is 6.31. The Morgan fingerprint density at radius 2 is 1.87 bits per heavy atom. The number of carbonyl (C=O) groups is 2. The van der Waals surface area contributed by atoms with Gasteiger partial charge in [0.15, 0.2) is 6.61 Å². The Kier molecular flexibility index (Phi) is 5.77. The topological polar surface area (TPSA) is 55.4 Å². The quantitative estimate of drug-likeness (QED) is 0.854. The van der Waals surface area contributed by atoms with Crippen LogP contribution in [0.3, 0.4) is 0 Å². The first-order valence-electron chi connectivity index (χ1n) is 7.22. The van der Waals surface area contributed by atoms with Crippen LogP contribution in [0.25, 0.3) is 0 Å². The Bertz CT molecular complexity index is 728. The van der Waals surface area contributed by atoms with Crippen molar-refractivity contribution in [2.24, 2.45) is 0 Å². The Morgan fingerprint density at radius 1 is 1.13 bits per heavy atom. The average molecular weight is 332 g/mol. The number of rotatable bonds is 5. The number of ether oxygens (including phenoxy) is 1. The normalized spacial score (nSPS) is 10.2. The van der Waals surface area contributed by atoms with E-state index in [0.29, 0.717) is 17.1 Å². The number of nitrogens with one attached hydrogen (secondary N) is 1. The monoisotopic (exact) mass is 331 g/mol. The van der Waals surface area contributed by atoms with Gasteiger partial charge in [-0.05, 0) is 37.1 Å². The van der Waals surface area contributed by atoms with Gasteiger partial charge in [-0.25, -0.2) is 4.79 Å². The second kappa shape index (κ2) is 7.79. The number of carbonyl (C=O) groups excluding carboxylic acids is 2. The molecule has 1 N–H and O–H groups in total. The predicted octanol–water partition coefficient (Wildman–Crippen LogP) is 3.43. The first kappa shape index (κ1) is 17.0. The van der Waals surface area contributed by atoms with Crippen LogP contribution in [0.1, 0.15) is 27.0 Å². The molecule has 0 aliphatic heterocycles. The fourth-order valence-electron chi connectivity index (χ4n) is 2.05. The van der Waals surface area contributed by atoms with Gasteiger partial charge < -0.3 is 10.1 Å². The van der Waals surface area contributed by atoms with Crippen LogP contribution in [0.4, 0.5) is 0 Å². The molecule has 120 valence electrons. The maximum atomic E-state index is 12.0. The number of halogens is 1. The van der Waals surface area contributed by atoms with Gasteiger partial charge in [0.2, 0.25) is 0 Å². The maximum Gasteiger partial charge on any atom is 0.338 e. The molecule has 0 saturated carbocycles. The van der Waals surface area contributed by atoms with Crippen LogP contribution in [-0.2, 0) is 16.1 Å². The second-order valence-corrected chi connectivity index (χ2v) is 5.67. The number of hydrogen-bond acceptors (Lipinski definition) is 3. The highest BCUT2D eigenvalue weighted by Crippen LogP contribution is 2.14. The van der Waals surface area contributed by atoms with Crippen LogP contribution in [-0.4, -0.2) is 18.5 Å². The fourth-order valence-corrected chi connectivity index (χ4v) is 2.25. The zero-order valence-electron chi connectivity index (χ0n) is 13.1. The number of aryl methyl sites for hydroxylation is 2. The van der Waals surface area contributed by atoms with Crippen molar-refractivity contribution < 1.29 is 14.3 Å². The molecule has 4 nitrogen and oxygen atoms in total. The van der Waals surface area contributed by atoms with Crippen LogP contribution in [0, 0.1) is 13.8 Å². The van der Waals surface area contributed by atoms with Gasteiger partial charge in [-0.2, -0.15) is 0 Å². The summed E-state index contributed by atoms with van der Waals surface area (Å²) in [6, 6.07) is 12.8. The first-order valence-corrected chi connectivity index (χ1v) is 7.59. The Morgan fingerprint density at radius 3 is 2.61 bits per heavy atom. The molecule has 0 radical (unpaired) electrons. The summed E-state index contributed by atoms with van der Waals surface area (Å²) in [5, 5.41) is 3.26. The molecule has 23 heavy (non-hydrogen) atoms. The minimum absolute atomic E-state index is 0.291. The predicted molar refractivity (Wildman–Crippen MR) is 89.5 cm³/mol. The van der Waals surface area contributed by atoms with E-state index in [1.165, 1.54) is 0 Å². The SMILES string of the molecule is Cc1ccc(C)c(C(=O)OCC(=O)NCc2ccccc2Cl)c1. The van der Waals surface area contributed by atoms with Crippen molar-refractivity contribution in [2.45, 2.75) is 20.4 Å². The van der Waals surface area contributed by atoms with E-state index in [1.807, 2.05) is 44.2 Å². The molecule has 2 aromatic rings. The van der Waals surface area contributed by atoms with Gasteiger partial charge >= 0.3 is 5.97 Å². The lowest BCUT2D eigenvalue weighted by Gasteiger charge is -2.09. The molecule has 0 aliphatic carbocycles. The third kappa shape index (κ3) is 4.83. The Labute approximate surface area is 140 Å². The lowest BCUT2D eigenvalue weighted by atomic mass is 10.1. The van der Waals surface area contributed by atoms with E-state index in [0.717, 1.165) is 16.7 Å². The Hall–Kier alpha value is -2.33. The smallest absolute Gasteiger partial charge is 0.338 e. The summed E-state index contributed by atoms with van der Waals surface area (Å²) in [4.78, 5) is 23.8. The highest BCUT2D eigenvalue weighted by Gasteiger charge is 2.13. The largest absolute Gasteiger partial charge is 0.452 e. The summed E-state index contributed by atoms with van der Waals surface area (Å²) >= 11 is 6.01. The summed E-state index contributed by atoms with van der Waals surface area (Å²) in [5.41, 5.74) is 3.06. The molecular weight excluding hydrogens is 314 g/mol. The van der Waals surface area contributed by atoms with Crippen LogP contribution in [0.15, 0.2) is 42.5 Å². The van der Waals surface area contributed by atoms with E-state index < -0.39 is 5.97 Å². The van der Waals surface area contributed by atoms with Crippen LogP contribution >= 0.6 is 11.6 Å². The molecule has 0 aliphatic rings. The lowest BCUT2D eigenvalue weighted by Crippen LogP contribution is -2.28. The number of esters is 1. The lowest BCUT2D eigenvalue weighted by molar-refractivity contribution is -0.124. The summed E-state index contributed by atoms with van der Waals surface area (Å²) in [6.07, 6.45) is 0. The first-order chi connectivity index (χ1) is 11.0. The molecule has 2 aromatic carbocycles. The molecule has 0 fully saturated rings. The molecular formula is C18H18ClNO3. The van der Waals surface area contributed by atoms with Crippen molar-refractivity contribution in [3.63, 3.8) is 0 Å². The number of benzene rings is 2. The van der Waals surface area contributed by atoms with Gasteiger partial charge in [-0.3, -0.25) is 4.79 Å². The molecule has 0 bridgehead atoms. The molecule has 0 aromatic heterocycles. The van der Waals surface area contributed by atoms with E-state index in [9.17, 15) is 9.59 Å². The van der Waals surface area contributed by atoms with Gasteiger partial charge in [0, 0.05) is 11.6 Å². The van der Waals surface area contributed by atoms with Gasteiger partial charge in [0.1, 0.15) is 0 Å². The van der Waals surface area contributed by atoms with Gasteiger partial charge in [0.25, 0.3) is 5.91 Å². The fraction of sp³-hybridized carbons (Fsp3) is 0.222. The standard InChI is InChI=1S/C18H18ClNO3/c1-12-7-8-13(2)15(9-12)18(22)23-11-17(21)20-10-14-5-3-4-6-16(14)19/h3-9H,10-11H2,1-2H3,(H,20,21). The van der Waals surface area contributed by atoms with Crippen molar-refractivity contribution >= 4 is 23.5 Å². The zero-order chi connectivity index (χ0) is 16.8. The van der Waals surface area contributed by atoms with E-state index in [2.05, 4.69) is 5.32 Å². The molecule has 1 amide bonds. The molecule has 0 spiro atoms. The van der Waals surface area contributed by atoms with Crippen molar-refractivity contribution in [2.75, 3.05) is 6.61 Å². The van der Waals surface area contributed by atoms with Crippen LogP contribution in [0.2, 0.25) is 5.02 Å². The maximum absolute atomic E-state index is 12.0. The summed E-state index contributed by atoms with van der Waals surface area (Å²) in [6.45, 7) is 3.69. The molecule has 0 atom stereocenters. The van der Waals surface area contributed by atoms with Crippen molar-refractivity contribution in [3.8, 4) is 0 Å². The minimum atomic E-state index is -0.501. The van der Waals surface area contributed by atoms with Crippen molar-refractivity contribution in [3.05, 3.63) is 69.7 Å². The van der Waals surface area contributed by atoms with E-state index in [1.54, 1.807) is 12.1 Å². The summed E-state index contributed by atoms with van der Waals surface area (Å²) in [5.74, 6) is -0.873. The molecule has 0 saturated heterocycles. The molecule has 0 heterocycles. The third-order valence-electron chi connectivity index (χ3n) is 3.38. The second-order valence-electron chi connectivity index (χ2n) is 5.26. The van der Waals surface area contributed by atoms with Crippen LogP contribution < -0.4 is 5.32 Å².